The summed E-state index contributed by atoms with van der Waals surface area (Å²) in [6, 6.07) is 17.6. The quantitative estimate of drug-likeness (QED) is 0.138. The SMILES string of the molecule is Cc1ccc(-c2cc(Oc3nccs3)cc(C(=O)N[C@H](C)c3cnc(C)nc3)c2)nc1.Cc1ccc(-c2cc(Oc3nccs3)cc(C(=O)O)c2)nc1. The smallest absolute Gasteiger partial charge is 0.335 e. The van der Waals surface area contributed by atoms with E-state index in [2.05, 4.69) is 35.2 Å². The van der Waals surface area contributed by atoms with Gasteiger partial charge in [0.15, 0.2) is 0 Å². The predicted octanol–water partition coefficient (Wildman–Crippen LogP) is 8.90. The Morgan fingerprint density at radius 2 is 1.17 bits per heavy atom. The van der Waals surface area contributed by atoms with Gasteiger partial charge in [0.2, 0.25) is 0 Å². The van der Waals surface area contributed by atoms with Gasteiger partial charge in [0, 0.05) is 70.2 Å². The van der Waals surface area contributed by atoms with Crippen LogP contribution in [0.1, 0.15) is 56.2 Å². The van der Waals surface area contributed by atoms with Gasteiger partial charge in [0.25, 0.3) is 16.3 Å². The summed E-state index contributed by atoms with van der Waals surface area (Å²) >= 11 is 2.72. The van der Waals surface area contributed by atoms with Crippen LogP contribution in [0.25, 0.3) is 22.5 Å². The number of nitrogens with zero attached hydrogens (tertiary/aromatic N) is 6. The third kappa shape index (κ3) is 9.90. The number of aromatic carboxylic acids is 1. The first-order valence-corrected chi connectivity index (χ1v) is 18.0. The van der Waals surface area contributed by atoms with E-state index >= 15 is 0 Å². The van der Waals surface area contributed by atoms with Crippen LogP contribution in [0, 0.1) is 20.8 Å². The van der Waals surface area contributed by atoms with Crippen molar-refractivity contribution in [3.63, 3.8) is 0 Å². The Morgan fingerprint density at radius 3 is 1.62 bits per heavy atom. The van der Waals surface area contributed by atoms with E-state index in [9.17, 15) is 14.7 Å². The lowest BCUT2D eigenvalue weighted by Crippen LogP contribution is -2.27. The number of aromatic nitrogens is 6. The molecule has 53 heavy (non-hydrogen) atoms. The Morgan fingerprint density at radius 1 is 0.660 bits per heavy atom. The van der Waals surface area contributed by atoms with Crippen molar-refractivity contribution in [1.29, 1.82) is 0 Å². The van der Waals surface area contributed by atoms with Crippen molar-refractivity contribution in [3.05, 3.63) is 142 Å². The molecule has 0 fully saturated rings. The van der Waals surface area contributed by atoms with Crippen LogP contribution in [-0.4, -0.2) is 46.9 Å². The van der Waals surface area contributed by atoms with Crippen LogP contribution in [0.2, 0.25) is 0 Å². The molecular formula is C39H33N7O5S2. The standard InChI is InChI=1S/C23H21N5O2S.C16H12N2O3S/c1-14-4-5-21(27-11-14)17-8-18(10-20(9-17)30-23-24-6-7-31-23)22(29)28-15(2)19-12-25-16(3)26-13-19;1-10-2-3-14(18-9-10)11-6-12(15(19)20)8-13(7-11)21-16-17-4-5-22-16/h4-13,15H,1-3H3,(H,28,29);2-9H,1H3,(H,19,20)/t15-;/m1./s1. The normalized spacial score (nSPS) is 11.2. The van der Waals surface area contributed by atoms with E-state index < -0.39 is 5.97 Å². The van der Waals surface area contributed by atoms with E-state index in [0.717, 1.165) is 27.9 Å². The zero-order valence-electron chi connectivity index (χ0n) is 29.0. The lowest BCUT2D eigenvalue weighted by Gasteiger charge is -2.15. The summed E-state index contributed by atoms with van der Waals surface area (Å²) in [5.41, 5.74) is 6.45. The molecule has 0 aliphatic carbocycles. The van der Waals surface area contributed by atoms with Gasteiger partial charge in [-0.3, -0.25) is 14.8 Å². The minimum atomic E-state index is -1.02. The molecule has 0 unspecified atom stereocenters. The molecule has 1 atom stereocenters. The molecule has 0 aliphatic rings. The molecule has 0 aliphatic heterocycles. The highest BCUT2D eigenvalue weighted by molar-refractivity contribution is 7.11. The topological polar surface area (TPSA) is 162 Å². The molecule has 7 aromatic rings. The minimum absolute atomic E-state index is 0.145. The van der Waals surface area contributed by atoms with Crippen molar-refractivity contribution in [2.45, 2.75) is 33.7 Å². The number of carboxylic acid groups (broad SMARTS) is 1. The summed E-state index contributed by atoms with van der Waals surface area (Å²) in [7, 11) is 0. The number of hydrogen-bond acceptors (Lipinski definition) is 12. The van der Waals surface area contributed by atoms with Crippen LogP contribution < -0.4 is 14.8 Å². The average Bonchev–Trinajstić information content (AvgIpc) is 3.87. The zero-order chi connectivity index (χ0) is 37.3. The van der Waals surface area contributed by atoms with Crippen LogP contribution in [0.15, 0.2) is 109 Å². The molecule has 2 N–H and O–H groups in total. The maximum absolute atomic E-state index is 13.0. The van der Waals surface area contributed by atoms with Crippen LogP contribution in [0.4, 0.5) is 0 Å². The first-order chi connectivity index (χ1) is 25.6. The van der Waals surface area contributed by atoms with Crippen molar-refractivity contribution in [2.75, 3.05) is 0 Å². The van der Waals surface area contributed by atoms with Crippen LogP contribution in [-0.2, 0) is 0 Å². The molecule has 7 rings (SSSR count). The predicted molar refractivity (Wildman–Crippen MR) is 203 cm³/mol. The Bertz CT molecular complexity index is 2300. The molecule has 5 aromatic heterocycles. The third-order valence-corrected chi connectivity index (χ3v) is 8.91. The maximum atomic E-state index is 13.0. The van der Waals surface area contributed by atoms with Crippen LogP contribution >= 0.6 is 22.7 Å². The molecule has 1 amide bonds. The zero-order valence-corrected chi connectivity index (χ0v) is 30.7. The average molecular weight is 744 g/mol. The fourth-order valence-corrected chi connectivity index (χ4v) is 5.86. The molecule has 0 radical (unpaired) electrons. The molecule has 12 nitrogen and oxygen atoms in total. The van der Waals surface area contributed by atoms with Gasteiger partial charge in [-0.25, -0.2) is 24.7 Å². The van der Waals surface area contributed by atoms with Crippen molar-refractivity contribution in [2.24, 2.45) is 0 Å². The lowest BCUT2D eigenvalue weighted by atomic mass is 10.0. The summed E-state index contributed by atoms with van der Waals surface area (Å²) in [4.78, 5) is 49.8. The Balaban J connectivity index is 0.000000192. The fourth-order valence-electron chi connectivity index (χ4n) is 4.86. The molecule has 0 spiro atoms. The highest BCUT2D eigenvalue weighted by Crippen LogP contribution is 2.31. The number of carboxylic acids is 1. The first kappa shape index (κ1) is 36.4. The number of carbonyl (C=O) groups is 2. The van der Waals surface area contributed by atoms with Gasteiger partial charge < -0.3 is 19.9 Å². The number of carbonyl (C=O) groups excluding carboxylic acids is 1. The largest absolute Gasteiger partial charge is 0.478 e. The highest BCUT2D eigenvalue weighted by Gasteiger charge is 2.16. The molecule has 0 bridgehead atoms. The second kappa shape index (κ2) is 16.8. The van der Waals surface area contributed by atoms with Gasteiger partial charge in [0.1, 0.15) is 17.3 Å². The van der Waals surface area contributed by atoms with Crippen LogP contribution in [0.5, 0.6) is 21.9 Å². The van der Waals surface area contributed by atoms with Gasteiger partial charge in [-0.1, -0.05) is 34.8 Å². The molecule has 14 heteroatoms. The monoisotopic (exact) mass is 743 g/mol. The van der Waals surface area contributed by atoms with E-state index in [0.29, 0.717) is 44.5 Å². The van der Waals surface area contributed by atoms with Gasteiger partial charge >= 0.3 is 5.97 Å². The number of benzene rings is 2. The number of rotatable bonds is 10. The molecular weight excluding hydrogens is 711 g/mol. The second-order valence-electron chi connectivity index (χ2n) is 11.8. The van der Waals surface area contributed by atoms with Crippen molar-refractivity contribution >= 4 is 34.6 Å². The molecule has 5 heterocycles. The summed E-state index contributed by atoms with van der Waals surface area (Å²) in [5, 5.41) is 16.9. The van der Waals surface area contributed by atoms with Gasteiger partial charge in [-0.2, -0.15) is 0 Å². The van der Waals surface area contributed by atoms with E-state index in [1.54, 1.807) is 66.8 Å². The Labute approximate surface area is 313 Å². The van der Waals surface area contributed by atoms with E-state index in [-0.39, 0.29) is 17.5 Å². The Hall–Kier alpha value is -6.38. The molecule has 266 valence electrons. The van der Waals surface area contributed by atoms with Gasteiger partial charge in [-0.15, -0.1) is 0 Å². The molecule has 2 aromatic carbocycles. The third-order valence-electron chi connectivity index (χ3n) is 7.61. The number of nitrogens with one attached hydrogen (secondary N) is 1. The van der Waals surface area contributed by atoms with E-state index in [1.165, 1.54) is 28.7 Å². The Kier molecular flexibility index (Phi) is 11.5. The van der Waals surface area contributed by atoms with Crippen molar-refractivity contribution in [3.8, 4) is 44.4 Å². The fraction of sp³-hybridized carbons (Fsp3) is 0.128. The molecule has 0 saturated carbocycles. The first-order valence-electron chi connectivity index (χ1n) is 16.2. The summed E-state index contributed by atoms with van der Waals surface area (Å²) in [6.07, 6.45) is 10.3. The minimum Gasteiger partial charge on any atom is -0.478 e. The van der Waals surface area contributed by atoms with E-state index in [1.807, 2.05) is 63.4 Å². The van der Waals surface area contributed by atoms with Gasteiger partial charge in [0.05, 0.1) is 23.0 Å². The number of hydrogen-bond donors (Lipinski definition) is 2. The van der Waals surface area contributed by atoms with Crippen molar-refractivity contribution < 1.29 is 24.2 Å². The van der Waals surface area contributed by atoms with Gasteiger partial charge in [-0.05, 0) is 87.4 Å². The number of thiazole rings is 2. The second-order valence-corrected chi connectivity index (χ2v) is 13.5. The number of amides is 1. The summed E-state index contributed by atoms with van der Waals surface area (Å²) in [5.74, 6) is 0.382. The summed E-state index contributed by atoms with van der Waals surface area (Å²) < 4.78 is 11.5. The van der Waals surface area contributed by atoms with Crippen molar-refractivity contribution in [1.82, 2.24) is 35.2 Å². The number of ether oxygens (including phenoxy) is 2. The van der Waals surface area contributed by atoms with E-state index in [4.69, 9.17) is 9.47 Å². The summed E-state index contributed by atoms with van der Waals surface area (Å²) in [6.45, 7) is 7.64. The maximum Gasteiger partial charge on any atom is 0.335 e. The molecule has 0 saturated heterocycles. The van der Waals surface area contributed by atoms with Crippen LogP contribution in [0.3, 0.4) is 0 Å². The number of aryl methyl sites for hydroxylation is 3. The number of pyridine rings is 2. The lowest BCUT2D eigenvalue weighted by molar-refractivity contribution is 0.0696. The highest BCUT2D eigenvalue weighted by atomic mass is 32.1.